The fraction of sp³-hybridized carbons (Fsp3) is 0.353. The standard InChI is InChI=1S/C17H18O4S/c1-12-6-7-13-14(8-9-15(13)18)16(12)21-22(19,20)17(2)10-4-3-5-11-17/h3-7,10H,8-9,11H2,1-2H3. The van der Waals surface area contributed by atoms with Crippen molar-refractivity contribution in [2.45, 2.75) is 37.9 Å². The highest BCUT2D eigenvalue weighted by molar-refractivity contribution is 7.88. The SMILES string of the molecule is Cc1ccc2c(c1OS(=O)(=O)C1(C)C=CC=CC1)CCC2=O. The van der Waals surface area contributed by atoms with E-state index in [1.165, 1.54) is 0 Å². The minimum absolute atomic E-state index is 0.0453. The zero-order valence-electron chi connectivity index (χ0n) is 12.6. The van der Waals surface area contributed by atoms with Gasteiger partial charge in [0.15, 0.2) is 5.78 Å². The molecule has 2 aliphatic rings. The minimum Gasteiger partial charge on any atom is -0.381 e. The molecule has 5 heteroatoms. The van der Waals surface area contributed by atoms with Crippen molar-refractivity contribution in [2.24, 2.45) is 0 Å². The Morgan fingerprint density at radius 1 is 1.18 bits per heavy atom. The molecule has 22 heavy (non-hydrogen) atoms. The summed E-state index contributed by atoms with van der Waals surface area (Å²) in [5, 5.41) is 0. The van der Waals surface area contributed by atoms with Crippen LogP contribution in [0.4, 0.5) is 0 Å². The van der Waals surface area contributed by atoms with Crippen LogP contribution in [0.15, 0.2) is 36.4 Å². The first-order chi connectivity index (χ1) is 10.3. The molecular weight excluding hydrogens is 300 g/mol. The monoisotopic (exact) mass is 318 g/mol. The molecule has 0 aliphatic heterocycles. The van der Waals surface area contributed by atoms with Gasteiger partial charge in [-0.25, -0.2) is 0 Å². The Hall–Kier alpha value is -1.88. The number of ketones is 1. The average molecular weight is 318 g/mol. The van der Waals surface area contributed by atoms with Crippen LogP contribution in [0, 0.1) is 6.92 Å². The lowest BCUT2D eigenvalue weighted by Gasteiger charge is -2.26. The van der Waals surface area contributed by atoms with Crippen LogP contribution in [0.3, 0.4) is 0 Å². The molecule has 0 saturated heterocycles. The van der Waals surface area contributed by atoms with Crippen molar-refractivity contribution in [3.8, 4) is 5.75 Å². The molecule has 2 aliphatic carbocycles. The van der Waals surface area contributed by atoms with Gasteiger partial charge in [0.05, 0.1) is 0 Å². The van der Waals surface area contributed by atoms with Gasteiger partial charge in [0.25, 0.3) is 0 Å². The van der Waals surface area contributed by atoms with Crippen LogP contribution in [0.25, 0.3) is 0 Å². The van der Waals surface area contributed by atoms with Crippen LogP contribution in [-0.2, 0) is 16.5 Å². The van der Waals surface area contributed by atoms with E-state index in [0.29, 0.717) is 36.1 Å². The molecule has 0 bridgehead atoms. The van der Waals surface area contributed by atoms with E-state index >= 15 is 0 Å². The first-order valence-corrected chi connectivity index (χ1v) is 8.69. The lowest BCUT2D eigenvalue weighted by Crippen LogP contribution is -2.37. The molecular formula is C17H18O4S. The fourth-order valence-electron chi connectivity index (χ4n) is 2.84. The molecule has 0 heterocycles. The van der Waals surface area contributed by atoms with Crippen LogP contribution in [0.1, 0.15) is 41.3 Å². The van der Waals surface area contributed by atoms with Gasteiger partial charge in [-0.15, -0.1) is 0 Å². The third-order valence-electron chi connectivity index (χ3n) is 4.34. The molecule has 3 rings (SSSR count). The van der Waals surface area contributed by atoms with Crippen LogP contribution in [0.5, 0.6) is 5.75 Å². The van der Waals surface area contributed by atoms with Gasteiger partial charge in [0.1, 0.15) is 10.5 Å². The molecule has 0 amide bonds. The van der Waals surface area contributed by atoms with Crippen LogP contribution in [-0.4, -0.2) is 18.9 Å². The smallest absolute Gasteiger partial charge is 0.318 e. The zero-order valence-corrected chi connectivity index (χ0v) is 13.4. The van der Waals surface area contributed by atoms with Crippen molar-refractivity contribution >= 4 is 15.9 Å². The molecule has 4 nitrogen and oxygen atoms in total. The minimum atomic E-state index is -3.85. The maximum Gasteiger partial charge on any atom is 0.318 e. The summed E-state index contributed by atoms with van der Waals surface area (Å²) in [6.45, 7) is 3.44. The summed E-state index contributed by atoms with van der Waals surface area (Å²) in [6.07, 6.45) is 8.32. The Bertz CT molecular complexity index is 802. The Labute approximate surface area is 130 Å². The van der Waals surface area contributed by atoms with Crippen molar-refractivity contribution < 1.29 is 17.4 Å². The first kappa shape index (κ1) is 15.0. The van der Waals surface area contributed by atoms with E-state index in [9.17, 15) is 13.2 Å². The second-order valence-corrected chi connectivity index (χ2v) is 8.01. The lowest BCUT2D eigenvalue weighted by atomic mass is 10.0. The van der Waals surface area contributed by atoms with Gasteiger partial charge in [-0.1, -0.05) is 36.4 Å². The zero-order chi connectivity index (χ0) is 16.0. The van der Waals surface area contributed by atoms with E-state index in [2.05, 4.69) is 0 Å². The number of carbonyl (C=O) groups is 1. The third kappa shape index (κ3) is 2.29. The quantitative estimate of drug-likeness (QED) is 0.804. The number of allylic oxidation sites excluding steroid dienone is 3. The van der Waals surface area contributed by atoms with Crippen molar-refractivity contribution in [1.29, 1.82) is 0 Å². The summed E-state index contributed by atoms with van der Waals surface area (Å²) >= 11 is 0. The highest BCUT2D eigenvalue weighted by Gasteiger charge is 2.40. The number of rotatable bonds is 3. The van der Waals surface area contributed by atoms with E-state index in [4.69, 9.17) is 4.18 Å². The Morgan fingerprint density at radius 3 is 2.64 bits per heavy atom. The maximum absolute atomic E-state index is 12.7. The summed E-state index contributed by atoms with van der Waals surface area (Å²) in [6, 6.07) is 3.50. The summed E-state index contributed by atoms with van der Waals surface area (Å²) in [5.41, 5.74) is 2.03. The fourth-order valence-corrected chi connectivity index (χ4v) is 4.03. The van der Waals surface area contributed by atoms with Gasteiger partial charge >= 0.3 is 10.1 Å². The van der Waals surface area contributed by atoms with E-state index in [-0.39, 0.29) is 5.78 Å². The van der Waals surface area contributed by atoms with Gasteiger partial charge in [0.2, 0.25) is 0 Å². The molecule has 0 radical (unpaired) electrons. The molecule has 0 spiro atoms. The molecule has 1 atom stereocenters. The van der Waals surface area contributed by atoms with Crippen molar-refractivity contribution in [1.82, 2.24) is 0 Å². The number of carbonyl (C=O) groups excluding carboxylic acids is 1. The molecule has 0 N–H and O–H groups in total. The Balaban J connectivity index is 2.02. The van der Waals surface area contributed by atoms with Gasteiger partial charge in [-0.3, -0.25) is 4.79 Å². The van der Waals surface area contributed by atoms with Crippen molar-refractivity contribution in [3.63, 3.8) is 0 Å². The van der Waals surface area contributed by atoms with Crippen molar-refractivity contribution in [2.75, 3.05) is 0 Å². The van der Waals surface area contributed by atoms with Crippen LogP contribution >= 0.6 is 0 Å². The Kier molecular flexibility index (Phi) is 3.48. The molecule has 1 aromatic rings. The predicted octanol–water partition coefficient (Wildman–Crippen LogP) is 3.11. The van der Waals surface area contributed by atoms with E-state index in [1.807, 2.05) is 12.2 Å². The normalized spacial score (nSPS) is 23.6. The number of hydrogen-bond acceptors (Lipinski definition) is 4. The number of aryl methyl sites for hydroxylation is 1. The van der Waals surface area contributed by atoms with E-state index in [1.54, 1.807) is 38.1 Å². The summed E-state index contributed by atoms with van der Waals surface area (Å²) in [4.78, 5) is 11.8. The van der Waals surface area contributed by atoms with Crippen LogP contribution in [0.2, 0.25) is 0 Å². The molecule has 0 aromatic heterocycles. The highest BCUT2D eigenvalue weighted by Crippen LogP contribution is 2.37. The molecule has 0 saturated carbocycles. The van der Waals surface area contributed by atoms with Gasteiger partial charge in [0, 0.05) is 17.5 Å². The second kappa shape index (κ2) is 5.09. The molecule has 0 fully saturated rings. The van der Waals surface area contributed by atoms with E-state index < -0.39 is 14.9 Å². The van der Waals surface area contributed by atoms with Gasteiger partial charge in [-0.2, -0.15) is 8.42 Å². The largest absolute Gasteiger partial charge is 0.381 e. The number of benzene rings is 1. The maximum atomic E-state index is 12.7. The average Bonchev–Trinajstić information content (AvgIpc) is 2.84. The van der Waals surface area contributed by atoms with E-state index in [0.717, 1.165) is 5.56 Å². The predicted molar refractivity (Wildman–Crippen MR) is 84.7 cm³/mol. The lowest BCUT2D eigenvalue weighted by molar-refractivity contribution is 0.0994. The topological polar surface area (TPSA) is 60.4 Å². The van der Waals surface area contributed by atoms with Crippen molar-refractivity contribution in [3.05, 3.63) is 53.1 Å². The Morgan fingerprint density at radius 2 is 1.95 bits per heavy atom. The van der Waals surface area contributed by atoms with Gasteiger partial charge in [-0.05, 0) is 32.3 Å². The number of Topliss-reactive ketones (excluding diaryl/α,β-unsaturated/α-hetero) is 1. The number of fused-ring (bicyclic) bond motifs is 1. The molecule has 116 valence electrons. The molecule has 1 unspecified atom stereocenters. The first-order valence-electron chi connectivity index (χ1n) is 7.28. The van der Waals surface area contributed by atoms with Gasteiger partial charge < -0.3 is 4.18 Å². The summed E-state index contributed by atoms with van der Waals surface area (Å²) < 4.78 is 29.9. The highest BCUT2D eigenvalue weighted by atomic mass is 32.2. The third-order valence-corrected chi connectivity index (χ3v) is 6.17. The van der Waals surface area contributed by atoms with Crippen LogP contribution < -0.4 is 4.18 Å². The second-order valence-electron chi connectivity index (χ2n) is 6.00. The number of hydrogen-bond donors (Lipinski definition) is 0. The summed E-state index contributed by atoms with van der Waals surface area (Å²) in [7, 11) is -3.85. The summed E-state index contributed by atoms with van der Waals surface area (Å²) in [5.74, 6) is 0.372. The molecule has 1 aromatic carbocycles.